The van der Waals surface area contributed by atoms with E-state index >= 15 is 0 Å². The highest BCUT2D eigenvalue weighted by Crippen LogP contribution is 2.31. The Balaban J connectivity index is 1.44. The summed E-state index contributed by atoms with van der Waals surface area (Å²) in [4.78, 5) is 21.2. The smallest absolute Gasteiger partial charge is 0.349 e. The van der Waals surface area contributed by atoms with Gasteiger partial charge >= 0.3 is 6.18 Å². The fraction of sp³-hybridized carbons (Fsp3) is 0.292. The second kappa shape index (κ2) is 9.74. The van der Waals surface area contributed by atoms with E-state index in [0.717, 1.165) is 17.7 Å². The topological polar surface area (TPSA) is 92.3 Å². The zero-order valence-electron chi connectivity index (χ0n) is 18.8. The number of alkyl halides is 3. The van der Waals surface area contributed by atoms with Gasteiger partial charge in [0.05, 0.1) is 28.4 Å². The Hall–Kier alpha value is -3.31. The van der Waals surface area contributed by atoms with Crippen LogP contribution in [0, 0.1) is 6.92 Å². The highest BCUT2D eigenvalue weighted by Gasteiger charge is 2.39. The van der Waals surface area contributed by atoms with Gasteiger partial charge in [0, 0.05) is 12.1 Å². The molecule has 1 aliphatic heterocycles. The molecule has 3 aromatic rings. The number of nitrogens with zero attached hydrogens (tertiary/aromatic N) is 3. The van der Waals surface area contributed by atoms with Crippen molar-refractivity contribution in [3.8, 4) is 11.3 Å². The lowest BCUT2D eigenvalue weighted by atomic mass is 10.1. The van der Waals surface area contributed by atoms with Crippen LogP contribution in [0.3, 0.4) is 0 Å². The highest BCUT2D eigenvalue weighted by molar-refractivity contribution is 7.89. The van der Waals surface area contributed by atoms with Gasteiger partial charge in [-0.1, -0.05) is 29.8 Å². The fourth-order valence-corrected chi connectivity index (χ4v) is 5.57. The van der Waals surface area contributed by atoms with Crippen molar-refractivity contribution in [2.75, 3.05) is 6.54 Å². The van der Waals surface area contributed by atoms with Crippen LogP contribution in [-0.2, 0) is 27.5 Å². The lowest BCUT2D eigenvalue weighted by Crippen LogP contribution is -2.45. The molecule has 1 N–H and O–H groups in total. The standard InChI is InChI=1S/C24H23F3N4O3S/c1-16-4-10-20(11-5-16)35(33,34)31-12-2-3-22(31)23(32)28-14-19-13-21(30-15-29-19)17-6-8-18(9-7-17)24(25,26)27/h4-11,13,15,22H,2-3,12,14H2,1H3,(H,28,32)/t22-/m0/s1. The first-order valence-corrected chi connectivity index (χ1v) is 12.3. The molecule has 0 unspecified atom stereocenters. The molecule has 0 aliphatic carbocycles. The maximum atomic E-state index is 13.1. The van der Waals surface area contributed by atoms with Gasteiger partial charge < -0.3 is 5.32 Å². The molecule has 0 bridgehead atoms. The van der Waals surface area contributed by atoms with E-state index in [0.29, 0.717) is 29.8 Å². The number of hydrogen-bond acceptors (Lipinski definition) is 5. The van der Waals surface area contributed by atoms with Crippen molar-refractivity contribution >= 4 is 15.9 Å². The molecule has 1 atom stereocenters. The van der Waals surface area contributed by atoms with Gasteiger partial charge in [-0.2, -0.15) is 17.5 Å². The maximum Gasteiger partial charge on any atom is 0.416 e. The molecule has 2 aromatic carbocycles. The molecule has 1 amide bonds. The van der Waals surface area contributed by atoms with Crippen LogP contribution in [0.15, 0.2) is 65.8 Å². The normalized spacial score (nSPS) is 16.9. The van der Waals surface area contributed by atoms with Crippen LogP contribution in [0.2, 0.25) is 0 Å². The van der Waals surface area contributed by atoms with E-state index in [2.05, 4.69) is 15.3 Å². The monoisotopic (exact) mass is 504 g/mol. The summed E-state index contributed by atoms with van der Waals surface area (Å²) >= 11 is 0. The summed E-state index contributed by atoms with van der Waals surface area (Å²) in [6.07, 6.45) is -2.20. The van der Waals surface area contributed by atoms with Gasteiger partial charge in [0.1, 0.15) is 12.4 Å². The molecule has 1 fully saturated rings. The second-order valence-corrected chi connectivity index (χ2v) is 10.2. The van der Waals surface area contributed by atoms with Crippen LogP contribution in [0.4, 0.5) is 13.2 Å². The summed E-state index contributed by atoms with van der Waals surface area (Å²) in [5.74, 6) is -0.437. The molecule has 0 radical (unpaired) electrons. The van der Waals surface area contributed by atoms with Crippen molar-refractivity contribution in [3.63, 3.8) is 0 Å². The zero-order chi connectivity index (χ0) is 25.2. The number of rotatable bonds is 6. The minimum atomic E-state index is -4.43. The average molecular weight is 505 g/mol. The molecule has 0 spiro atoms. The summed E-state index contributed by atoms with van der Waals surface area (Å²) < 4.78 is 65.8. The summed E-state index contributed by atoms with van der Waals surface area (Å²) in [5, 5.41) is 2.73. The van der Waals surface area contributed by atoms with Gasteiger partial charge in [0.2, 0.25) is 15.9 Å². The fourth-order valence-electron chi connectivity index (χ4n) is 3.91. The number of carbonyl (C=O) groups is 1. The van der Waals surface area contributed by atoms with Gasteiger partial charge in [-0.3, -0.25) is 4.79 Å². The first-order valence-electron chi connectivity index (χ1n) is 10.9. The molecule has 11 heteroatoms. The van der Waals surface area contributed by atoms with Crippen molar-refractivity contribution < 1.29 is 26.4 Å². The van der Waals surface area contributed by atoms with E-state index in [9.17, 15) is 26.4 Å². The van der Waals surface area contributed by atoms with E-state index in [1.165, 1.54) is 34.9 Å². The number of aromatic nitrogens is 2. The Kier molecular flexibility index (Phi) is 6.91. The Morgan fingerprint density at radius 3 is 2.43 bits per heavy atom. The number of carbonyl (C=O) groups excluding carboxylic acids is 1. The number of halogens is 3. The van der Waals surface area contributed by atoms with Crippen molar-refractivity contribution in [1.29, 1.82) is 0 Å². The molecule has 7 nitrogen and oxygen atoms in total. The van der Waals surface area contributed by atoms with Crippen LogP contribution in [0.1, 0.15) is 29.7 Å². The van der Waals surface area contributed by atoms with Crippen LogP contribution in [0.25, 0.3) is 11.3 Å². The number of hydrogen-bond donors (Lipinski definition) is 1. The Morgan fingerprint density at radius 2 is 1.77 bits per heavy atom. The zero-order valence-corrected chi connectivity index (χ0v) is 19.6. The van der Waals surface area contributed by atoms with E-state index in [-0.39, 0.29) is 18.0 Å². The van der Waals surface area contributed by atoms with Crippen molar-refractivity contribution in [1.82, 2.24) is 19.6 Å². The summed E-state index contributed by atoms with van der Waals surface area (Å²) in [6, 6.07) is 11.8. The van der Waals surface area contributed by atoms with Gasteiger partial charge in [0.25, 0.3) is 0 Å². The van der Waals surface area contributed by atoms with E-state index in [1.54, 1.807) is 18.2 Å². The van der Waals surface area contributed by atoms with Gasteiger partial charge in [0.15, 0.2) is 0 Å². The quantitative estimate of drug-likeness (QED) is 0.549. The third-order valence-electron chi connectivity index (χ3n) is 5.81. The Bertz CT molecular complexity index is 1310. The number of amides is 1. The minimum Gasteiger partial charge on any atom is -0.349 e. The number of nitrogens with one attached hydrogen (secondary N) is 1. The van der Waals surface area contributed by atoms with Crippen LogP contribution in [0.5, 0.6) is 0 Å². The molecule has 4 rings (SSSR count). The third kappa shape index (κ3) is 5.51. The summed E-state index contributed by atoms with van der Waals surface area (Å²) in [7, 11) is -3.82. The van der Waals surface area contributed by atoms with Gasteiger partial charge in [-0.25, -0.2) is 18.4 Å². The lowest BCUT2D eigenvalue weighted by molar-refractivity contribution is -0.137. The molecule has 1 aliphatic rings. The molecular formula is C24H23F3N4O3S. The van der Waals surface area contributed by atoms with Crippen molar-refractivity contribution in [2.24, 2.45) is 0 Å². The molecule has 35 heavy (non-hydrogen) atoms. The largest absolute Gasteiger partial charge is 0.416 e. The SMILES string of the molecule is Cc1ccc(S(=O)(=O)N2CCC[C@H]2C(=O)NCc2cc(-c3ccc(C(F)(F)F)cc3)ncn2)cc1. The number of aryl methyl sites for hydroxylation is 1. The van der Waals surface area contributed by atoms with E-state index in [4.69, 9.17) is 0 Å². The summed E-state index contributed by atoms with van der Waals surface area (Å²) in [6.45, 7) is 2.13. The molecule has 184 valence electrons. The Labute approximate surface area is 201 Å². The summed E-state index contributed by atoms with van der Waals surface area (Å²) in [5.41, 5.74) is 1.49. The Morgan fingerprint density at radius 1 is 1.09 bits per heavy atom. The van der Waals surface area contributed by atoms with Crippen molar-refractivity contribution in [2.45, 2.75) is 43.4 Å². The van der Waals surface area contributed by atoms with Gasteiger partial charge in [-0.05, 0) is 50.1 Å². The molecular weight excluding hydrogens is 481 g/mol. The minimum absolute atomic E-state index is 0.0178. The first-order chi connectivity index (χ1) is 16.6. The number of benzene rings is 2. The van der Waals surface area contributed by atoms with Crippen LogP contribution >= 0.6 is 0 Å². The predicted molar refractivity (Wildman–Crippen MR) is 122 cm³/mol. The van der Waals surface area contributed by atoms with Crippen LogP contribution < -0.4 is 5.32 Å². The van der Waals surface area contributed by atoms with Gasteiger partial charge in [-0.15, -0.1) is 0 Å². The average Bonchev–Trinajstić information content (AvgIpc) is 3.34. The number of sulfonamides is 1. The maximum absolute atomic E-state index is 13.1. The second-order valence-electron chi connectivity index (χ2n) is 8.27. The molecule has 0 saturated carbocycles. The lowest BCUT2D eigenvalue weighted by Gasteiger charge is -2.23. The third-order valence-corrected chi connectivity index (χ3v) is 7.73. The van der Waals surface area contributed by atoms with E-state index < -0.39 is 33.7 Å². The molecule has 1 aromatic heterocycles. The molecule has 1 saturated heterocycles. The highest BCUT2D eigenvalue weighted by atomic mass is 32.2. The molecule has 2 heterocycles. The van der Waals surface area contributed by atoms with Crippen molar-refractivity contribution in [3.05, 3.63) is 77.7 Å². The van der Waals surface area contributed by atoms with Crippen LogP contribution in [-0.4, -0.2) is 41.2 Å². The predicted octanol–water partition coefficient (Wildman–Crippen LogP) is 3.94. The first kappa shape index (κ1) is 24.8. The van der Waals surface area contributed by atoms with E-state index in [1.807, 2.05) is 6.92 Å².